The predicted molar refractivity (Wildman–Crippen MR) is 111 cm³/mol. The smallest absolute Gasteiger partial charge is 0.258 e. The number of hydrogen-bond donors (Lipinski definition) is 0. The van der Waals surface area contributed by atoms with Gasteiger partial charge >= 0.3 is 0 Å². The molecule has 4 rings (SSSR count). The first-order chi connectivity index (χ1) is 13.4. The van der Waals surface area contributed by atoms with Crippen molar-refractivity contribution in [1.82, 2.24) is 19.3 Å². The molecule has 0 atom stereocenters. The number of aromatic nitrogens is 4. The molecule has 0 aliphatic rings. The Morgan fingerprint density at radius 2 is 1.93 bits per heavy atom. The summed E-state index contributed by atoms with van der Waals surface area (Å²) in [6.45, 7) is 3.77. The zero-order chi connectivity index (χ0) is 20.0. The third kappa shape index (κ3) is 2.96. The summed E-state index contributed by atoms with van der Waals surface area (Å²) in [6, 6.07) is 13.2. The monoisotopic (exact) mass is 393 g/mol. The highest BCUT2D eigenvalue weighted by Gasteiger charge is 2.17. The minimum Gasteiger partial charge on any atom is -0.334 e. The minimum atomic E-state index is -0.107. The number of benzene rings is 2. The first-order valence-electron chi connectivity index (χ1n) is 8.88. The molecule has 1 amide bonds. The lowest BCUT2D eigenvalue weighted by Gasteiger charge is -2.18. The average Bonchev–Trinajstić information content (AvgIpc) is 3.21. The minimum absolute atomic E-state index is 0.107. The van der Waals surface area contributed by atoms with Crippen molar-refractivity contribution in [3.63, 3.8) is 0 Å². The Bertz CT molecular complexity index is 1210. The van der Waals surface area contributed by atoms with Crippen LogP contribution >= 0.6 is 11.6 Å². The van der Waals surface area contributed by atoms with Crippen molar-refractivity contribution < 1.29 is 4.79 Å². The summed E-state index contributed by atoms with van der Waals surface area (Å²) in [5, 5.41) is 5.11. The second-order valence-corrected chi connectivity index (χ2v) is 7.22. The summed E-state index contributed by atoms with van der Waals surface area (Å²) in [6.07, 6.45) is 1.76. The van der Waals surface area contributed by atoms with Gasteiger partial charge in [0.15, 0.2) is 0 Å². The molecule has 0 spiro atoms. The van der Waals surface area contributed by atoms with E-state index in [1.807, 2.05) is 61.9 Å². The number of hydrogen-bond acceptors (Lipinski definition) is 3. The number of carbonyl (C=O) groups is 1. The van der Waals surface area contributed by atoms with Gasteiger partial charge in [0.1, 0.15) is 0 Å². The second-order valence-electron chi connectivity index (χ2n) is 6.84. The number of halogens is 1. The average molecular weight is 394 g/mol. The van der Waals surface area contributed by atoms with Gasteiger partial charge in [-0.3, -0.25) is 4.79 Å². The van der Waals surface area contributed by atoms with Gasteiger partial charge in [-0.1, -0.05) is 17.7 Å². The molecule has 0 saturated heterocycles. The predicted octanol–water partition coefficient (Wildman–Crippen LogP) is 4.31. The van der Waals surface area contributed by atoms with Crippen LogP contribution in [0.4, 0.5) is 5.69 Å². The Morgan fingerprint density at radius 1 is 1.14 bits per heavy atom. The lowest BCUT2D eigenvalue weighted by Crippen LogP contribution is -2.26. The van der Waals surface area contributed by atoms with Crippen molar-refractivity contribution in [3.05, 3.63) is 70.8 Å². The summed E-state index contributed by atoms with van der Waals surface area (Å²) >= 11 is 6.26. The SMILES string of the molecule is Cc1nn(-c2cccc(C(=O)N(C)c3ccc4c(c3)ncn4C)c2)c(C)c1Cl. The van der Waals surface area contributed by atoms with Crippen LogP contribution < -0.4 is 4.90 Å². The van der Waals surface area contributed by atoms with Crippen molar-refractivity contribution in [2.75, 3.05) is 11.9 Å². The van der Waals surface area contributed by atoms with E-state index in [2.05, 4.69) is 10.1 Å². The van der Waals surface area contributed by atoms with Gasteiger partial charge in [-0.25, -0.2) is 9.67 Å². The van der Waals surface area contributed by atoms with Crippen LogP contribution in [0.2, 0.25) is 5.02 Å². The first kappa shape index (κ1) is 18.3. The van der Waals surface area contributed by atoms with Crippen LogP contribution in [0.5, 0.6) is 0 Å². The highest BCUT2D eigenvalue weighted by atomic mass is 35.5. The van der Waals surface area contributed by atoms with Crippen LogP contribution in [0.3, 0.4) is 0 Å². The molecule has 0 aliphatic carbocycles. The van der Waals surface area contributed by atoms with E-state index in [0.29, 0.717) is 10.6 Å². The Hall–Kier alpha value is -3.12. The number of imidazole rings is 1. The van der Waals surface area contributed by atoms with E-state index in [4.69, 9.17) is 11.6 Å². The van der Waals surface area contributed by atoms with E-state index >= 15 is 0 Å². The van der Waals surface area contributed by atoms with E-state index in [-0.39, 0.29) is 5.91 Å². The Labute approximate surface area is 168 Å². The van der Waals surface area contributed by atoms with Crippen molar-refractivity contribution in [1.29, 1.82) is 0 Å². The molecule has 0 fully saturated rings. The number of rotatable bonds is 3. The molecule has 2 heterocycles. The van der Waals surface area contributed by atoms with Crippen molar-refractivity contribution >= 4 is 34.2 Å². The van der Waals surface area contributed by atoms with Gasteiger partial charge in [0.05, 0.1) is 39.5 Å². The van der Waals surface area contributed by atoms with E-state index < -0.39 is 0 Å². The van der Waals surface area contributed by atoms with Gasteiger partial charge in [0, 0.05) is 25.3 Å². The van der Waals surface area contributed by atoms with Crippen molar-refractivity contribution in [2.45, 2.75) is 13.8 Å². The van der Waals surface area contributed by atoms with Crippen molar-refractivity contribution in [2.24, 2.45) is 7.05 Å². The van der Waals surface area contributed by atoms with Gasteiger partial charge in [0.25, 0.3) is 5.91 Å². The van der Waals surface area contributed by atoms with Gasteiger partial charge in [-0.2, -0.15) is 5.10 Å². The van der Waals surface area contributed by atoms with E-state index in [1.54, 1.807) is 29.0 Å². The number of anilines is 1. The fourth-order valence-corrected chi connectivity index (χ4v) is 3.41. The van der Waals surface area contributed by atoms with Crippen LogP contribution in [-0.4, -0.2) is 32.3 Å². The molecule has 2 aromatic heterocycles. The molecular formula is C21H20ClN5O. The molecule has 6 nitrogen and oxygen atoms in total. The highest BCUT2D eigenvalue weighted by Crippen LogP contribution is 2.24. The quantitative estimate of drug-likeness (QED) is 0.521. The Kier molecular flexibility index (Phi) is 4.43. The molecule has 2 aromatic carbocycles. The molecule has 0 radical (unpaired) electrons. The van der Waals surface area contributed by atoms with Crippen LogP contribution in [0.1, 0.15) is 21.7 Å². The summed E-state index contributed by atoms with van der Waals surface area (Å²) in [7, 11) is 3.71. The van der Waals surface area contributed by atoms with E-state index in [9.17, 15) is 4.79 Å². The number of carbonyl (C=O) groups excluding carboxylic acids is 1. The fraction of sp³-hybridized carbons (Fsp3) is 0.190. The molecule has 0 N–H and O–H groups in total. The summed E-state index contributed by atoms with van der Waals surface area (Å²) in [5.41, 5.74) is 5.64. The van der Waals surface area contributed by atoms with Gasteiger partial charge in [-0.15, -0.1) is 0 Å². The topological polar surface area (TPSA) is 56.0 Å². The Balaban J connectivity index is 1.68. The van der Waals surface area contributed by atoms with Gasteiger partial charge < -0.3 is 9.47 Å². The molecule has 0 unspecified atom stereocenters. The Morgan fingerprint density at radius 3 is 2.64 bits per heavy atom. The van der Waals surface area contributed by atoms with Gasteiger partial charge in [-0.05, 0) is 50.2 Å². The van der Waals surface area contributed by atoms with E-state index in [1.165, 1.54) is 0 Å². The molecule has 0 aliphatic heterocycles. The molecule has 4 aromatic rings. The van der Waals surface area contributed by atoms with Crippen LogP contribution in [0.15, 0.2) is 48.8 Å². The molecule has 28 heavy (non-hydrogen) atoms. The molecular weight excluding hydrogens is 374 g/mol. The van der Waals surface area contributed by atoms with Crippen LogP contribution in [0, 0.1) is 13.8 Å². The molecule has 7 heteroatoms. The maximum Gasteiger partial charge on any atom is 0.258 e. The lowest BCUT2D eigenvalue weighted by atomic mass is 10.1. The summed E-state index contributed by atoms with van der Waals surface area (Å²) < 4.78 is 3.71. The molecule has 0 saturated carbocycles. The second kappa shape index (κ2) is 6.80. The molecule has 0 bridgehead atoms. The first-order valence-corrected chi connectivity index (χ1v) is 9.26. The lowest BCUT2D eigenvalue weighted by molar-refractivity contribution is 0.0993. The summed E-state index contributed by atoms with van der Waals surface area (Å²) in [5.74, 6) is -0.107. The zero-order valence-corrected chi connectivity index (χ0v) is 16.9. The van der Waals surface area contributed by atoms with Gasteiger partial charge in [0.2, 0.25) is 0 Å². The standard InChI is InChI=1S/C21H20ClN5O/c1-13-20(22)14(2)27(24-13)17-7-5-6-15(10-17)21(28)26(4)16-8-9-19-18(11-16)23-12-25(19)3/h5-12H,1-4H3. The normalized spacial score (nSPS) is 11.2. The third-order valence-corrected chi connectivity index (χ3v) is 5.49. The number of nitrogens with zero attached hydrogens (tertiary/aromatic N) is 5. The third-order valence-electron chi connectivity index (χ3n) is 4.94. The maximum absolute atomic E-state index is 13.1. The van der Waals surface area contributed by atoms with Crippen LogP contribution in [0.25, 0.3) is 16.7 Å². The largest absolute Gasteiger partial charge is 0.334 e. The number of aryl methyl sites for hydroxylation is 2. The van der Waals surface area contributed by atoms with E-state index in [0.717, 1.165) is 33.8 Å². The van der Waals surface area contributed by atoms with Crippen molar-refractivity contribution in [3.8, 4) is 5.69 Å². The molecule has 142 valence electrons. The number of fused-ring (bicyclic) bond motifs is 1. The highest BCUT2D eigenvalue weighted by molar-refractivity contribution is 6.31. The van der Waals surface area contributed by atoms with Crippen LogP contribution in [-0.2, 0) is 7.05 Å². The summed E-state index contributed by atoms with van der Waals surface area (Å²) in [4.78, 5) is 19.1. The number of amides is 1. The maximum atomic E-state index is 13.1. The zero-order valence-electron chi connectivity index (χ0n) is 16.1. The fourth-order valence-electron chi connectivity index (χ4n) is 3.29.